The second-order valence-corrected chi connectivity index (χ2v) is 9.81. The first-order valence-corrected chi connectivity index (χ1v) is 11.8. The minimum atomic E-state index is -0.656. The largest absolute Gasteiger partial charge is 0.341 e. The molecular weight excluding hydrogens is 388 g/mol. The Morgan fingerprint density at radius 2 is 1.55 bits per heavy atom. The number of rotatable bonds is 6. The molecule has 1 aromatic rings. The van der Waals surface area contributed by atoms with Crippen LogP contribution in [0.1, 0.15) is 51.5 Å². The van der Waals surface area contributed by atoms with Gasteiger partial charge < -0.3 is 4.90 Å². The molecule has 0 spiro atoms. The van der Waals surface area contributed by atoms with Crippen LogP contribution in [0.3, 0.4) is 0 Å². The maximum atomic E-state index is 13.5. The fourth-order valence-electron chi connectivity index (χ4n) is 5.41. The van der Waals surface area contributed by atoms with Crippen molar-refractivity contribution in [2.24, 2.45) is 23.7 Å². The molecule has 0 aromatic heterocycles. The van der Waals surface area contributed by atoms with Gasteiger partial charge >= 0.3 is 0 Å². The van der Waals surface area contributed by atoms with E-state index in [0.717, 1.165) is 19.3 Å². The summed E-state index contributed by atoms with van der Waals surface area (Å²) in [5.41, 5.74) is 1.34. The van der Waals surface area contributed by atoms with Crippen molar-refractivity contribution in [3.63, 3.8) is 0 Å². The molecular formula is C26H34N2O3. The second-order valence-electron chi connectivity index (χ2n) is 9.81. The number of hydrogen-bond acceptors (Lipinski definition) is 3. The monoisotopic (exact) mass is 422 g/mol. The highest BCUT2D eigenvalue weighted by Gasteiger charge is 2.51. The van der Waals surface area contributed by atoms with E-state index in [4.69, 9.17) is 0 Å². The number of amides is 3. The Morgan fingerprint density at radius 3 is 2.10 bits per heavy atom. The maximum Gasteiger partial charge on any atom is 0.245 e. The minimum absolute atomic E-state index is 0.0415. The van der Waals surface area contributed by atoms with Gasteiger partial charge in [-0.25, -0.2) is 0 Å². The van der Waals surface area contributed by atoms with Gasteiger partial charge in [0, 0.05) is 13.1 Å². The molecule has 3 atom stereocenters. The number of benzene rings is 1. The van der Waals surface area contributed by atoms with Crippen LogP contribution in [0.25, 0.3) is 0 Å². The van der Waals surface area contributed by atoms with Gasteiger partial charge in [0.15, 0.2) is 0 Å². The quantitative estimate of drug-likeness (QED) is 0.517. The van der Waals surface area contributed by atoms with Gasteiger partial charge in [0.25, 0.3) is 0 Å². The number of imide groups is 1. The lowest BCUT2D eigenvalue weighted by Crippen LogP contribution is -2.53. The van der Waals surface area contributed by atoms with Crippen LogP contribution in [0.5, 0.6) is 0 Å². The number of nitrogens with zero attached hydrogens (tertiary/aromatic N) is 2. The van der Waals surface area contributed by atoms with E-state index < -0.39 is 6.04 Å². The van der Waals surface area contributed by atoms with E-state index in [9.17, 15) is 14.4 Å². The normalized spacial score (nSPS) is 25.3. The zero-order valence-corrected chi connectivity index (χ0v) is 18.7. The zero-order chi connectivity index (χ0) is 22.0. The van der Waals surface area contributed by atoms with Gasteiger partial charge in [0.2, 0.25) is 17.7 Å². The zero-order valence-electron chi connectivity index (χ0n) is 18.7. The molecule has 2 heterocycles. The summed E-state index contributed by atoms with van der Waals surface area (Å²) in [6, 6.07) is 9.84. The van der Waals surface area contributed by atoms with Gasteiger partial charge in [-0.3, -0.25) is 19.3 Å². The molecule has 31 heavy (non-hydrogen) atoms. The van der Waals surface area contributed by atoms with Crippen molar-refractivity contribution in [3.05, 3.63) is 48.0 Å². The molecule has 0 saturated carbocycles. The Balaban J connectivity index is 1.43. The number of hydrogen-bond donors (Lipinski definition) is 0. The van der Waals surface area contributed by atoms with Gasteiger partial charge in [0.1, 0.15) is 6.04 Å². The van der Waals surface area contributed by atoms with E-state index >= 15 is 0 Å². The number of fused-ring (bicyclic) bond motifs is 1. The van der Waals surface area contributed by atoms with E-state index in [0.29, 0.717) is 38.3 Å². The lowest BCUT2D eigenvalue weighted by molar-refractivity contribution is -0.153. The summed E-state index contributed by atoms with van der Waals surface area (Å²) in [6.07, 6.45) is 8.71. The average molecular weight is 423 g/mol. The highest BCUT2D eigenvalue weighted by Crippen LogP contribution is 2.37. The predicted molar refractivity (Wildman–Crippen MR) is 120 cm³/mol. The molecule has 3 unspecified atom stereocenters. The smallest absolute Gasteiger partial charge is 0.245 e. The molecule has 2 aliphatic heterocycles. The van der Waals surface area contributed by atoms with E-state index in [2.05, 4.69) is 24.3 Å². The van der Waals surface area contributed by atoms with Gasteiger partial charge in [0.05, 0.1) is 11.8 Å². The molecule has 0 bridgehead atoms. The number of piperidine rings is 1. The summed E-state index contributed by atoms with van der Waals surface area (Å²) in [7, 11) is 0. The summed E-state index contributed by atoms with van der Waals surface area (Å²) in [4.78, 5) is 43.0. The standard InChI is InChI=1S/C26H34N2O3/c1-18(2)16-23(28-24(29)21-10-6-7-11-22(21)25(28)30)26(31)27-14-12-20(13-15-27)17-19-8-4-3-5-9-19/h3-9,18,20-23H,10-17H2,1-2H3. The third kappa shape index (κ3) is 4.60. The van der Waals surface area contributed by atoms with Crippen molar-refractivity contribution >= 4 is 17.7 Å². The Morgan fingerprint density at radius 1 is 0.968 bits per heavy atom. The lowest BCUT2D eigenvalue weighted by atomic mass is 9.85. The Hall–Kier alpha value is -2.43. The molecule has 3 amide bonds. The van der Waals surface area contributed by atoms with Crippen LogP contribution in [0.2, 0.25) is 0 Å². The lowest BCUT2D eigenvalue weighted by Gasteiger charge is -2.37. The molecule has 2 saturated heterocycles. The van der Waals surface area contributed by atoms with Crippen molar-refractivity contribution in [2.45, 2.75) is 58.4 Å². The van der Waals surface area contributed by atoms with Crippen molar-refractivity contribution in [1.29, 1.82) is 0 Å². The number of carbonyl (C=O) groups excluding carboxylic acids is 3. The van der Waals surface area contributed by atoms with Crippen LogP contribution >= 0.6 is 0 Å². The van der Waals surface area contributed by atoms with Gasteiger partial charge in [-0.05, 0) is 55.9 Å². The first-order chi connectivity index (χ1) is 15.0. The maximum absolute atomic E-state index is 13.5. The average Bonchev–Trinajstić information content (AvgIpc) is 3.03. The summed E-state index contributed by atoms with van der Waals surface area (Å²) in [6.45, 7) is 5.50. The summed E-state index contributed by atoms with van der Waals surface area (Å²) in [5.74, 6) is -0.0900. The van der Waals surface area contributed by atoms with E-state index in [1.54, 1.807) is 0 Å². The third-order valence-corrected chi connectivity index (χ3v) is 7.13. The molecule has 2 fully saturated rings. The highest BCUT2D eigenvalue weighted by molar-refractivity contribution is 6.08. The van der Waals surface area contributed by atoms with Crippen molar-refractivity contribution in [1.82, 2.24) is 9.80 Å². The van der Waals surface area contributed by atoms with Crippen LogP contribution in [-0.4, -0.2) is 46.7 Å². The van der Waals surface area contributed by atoms with Crippen LogP contribution in [0.4, 0.5) is 0 Å². The molecule has 0 N–H and O–H groups in total. The predicted octanol–water partition coefficient (Wildman–Crippen LogP) is 3.83. The van der Waals surface area contributed by atoms with E-state index in [-0.39, 0.29) is 35.5 Å². The topological polar surface area (TPSA) is 57.7 Å². The van der Waals surface area contributed by atoms with Gasteiger partial charge in [-0.15, -0.1) is 0 Å². The van der Waals surface area contributed by atoms with E-state index in [1.165, 1.54) is 10.5 Å². The Bertz CT molecular complexity index is 813. The number of allylic oxidation sites excluding steroid dienone is 2. The summed E-state index contributed by atoms with van der Waals surface area (Å²) >= 11 is 0. The highest BCUT2D eigenvalue weighted by atomic mass is 16.2. The first-order valence-electron chi connectivity index (χ1n) is 11.8. The van der Waals surface area contributed by atoms with E-state index in [1.807, 2.05) is 37.0 Å². The van der Waals surface area contributed by atoms with Crippen molar-refractivity contribution in [3.8, 4) is 0 Å². The molecule has 3 aliphatic rings. The Kier molecular flexibility index (Phi) is 6.59. The Labute approximate surface area is 185 Å². The molecule has 0 radical (unpaired) electrons. The second kappa shape index (κ2) is 9.37. The molecule has 166 valence electrons. The SMILES string of the molecule is CC(C)CC(C(=O)N1CCC(Cc2ccccc2)CC1)N1C(=O)C2CC=CCC2C1=O. The summed E-state index contributed by atoms with van der Waals surface area (Å²) < 4.78 is 0. The number of carbonyl (C=O) groups is 3. The first kappa shape index (κ1) is 21.8. The van der Waals surface area contributed by atoms with Gasteiger partial charge in [-0.1, -0.05) is 56.3 Å². The van der Waals surface area contributed by atoms with Crippen LogP contribution in [-0.2, 0) is 20.8 Å². The molecule has 5 heteroatoms. The van der Waals surface area contributed by atoms with Crippen LogP contribution in [0, 0.1) is 23.7 Å². The van der Waals surface area contributed by atoms with Crippen molar-refractivity contribution < 1.29 is 14.4 Å². The molecule has 1 aromatic carbocycles. The third-order valence-electron chi connectivity index (χ3n) is 7.13. The van der Waals surface area contributed by atoms with Crippen molar-refractivity contribution in [2.75, 3.05) is 13.1 Å². The molecule has 4 rings (SSSR count). The fraction of sp³-hybridized carbons (Fsp3) is 0.577. The summed E-state index contributed by atoms with van der Waals surface area (Å²) in [5, 5.41) is 0. The fourth-order valence-corrected chi connectivity index (χ4v) is 5.41. The molecule has 5 nitrogen and oxygen atoms in total. The minimum Gasteiger partial charge on any atom is -0.341 e. The number of likely N-dealkylation sites (tertiary alicyclic amines) is 2. The van der Waals surface area contributed by atoms with Crippen LogP contribution in [0.15, 0.2) is 42.5 Å². The van der Waals surface area contributed by atoms with Crippen LogP contribution < -0.4 is 0 Å². The molecule has 1 aliphatic carbocycles. The van der Waals surface area contributed by atoms with Gasteiger partial charge in [-0.2, -0.15) is 0 Å².